The Hall–Kier alpha value is -2.37. The predicted molar refractivity (Wildman–Crippen MR) is 70.5 cm³/mol. The van der Waals surface area contributed by atoms with Crippen LogP contribution in [0.5, 0.6) is 0 Å². The molecule has 1 aromatic rings. The van der Waals surface area contributed by atoms with Crippen molar-refractivity contribution in [2.24, 2.45) is 0 Å². The van der Waals surface area contributed by atoms with Gasteiger partial charge in [-0.2, -0.15) is 0 Å². The molecule has 0 aliphatic heterocycles. The lowest BCUT2D eigenvalue weighted by atomic mass is 10.1. The number of rotatable bonds is 5. The van der Waals surface area contributed by atoms with Crippen LogP contribution >= 0.6 is 0 Å². The van der Waals surface area contributed by atoms with Crippen LogP contribution < -0.4 is 0 Å². The number of esters is 1. The molecule has 0 saturated heterocycles. The van der Waals surface area contributed by atoms with Gasteiger partial charge in [0.1, 0.15) is 5.82 Å². The molecule has 0 aromatic heterocycles. The molecular formula is C14H16FNO4. The van der Waals surface area contributed by atoms with Crippen LogP contribution in [0.2, 0.25) is 0 Å². The number of amides is 1. The number of halogens is 1. The van der Waals surface area contributed by atoms with E-state index in [1.165, 1.54) is 24.1 Å². The first kappa shape index (κ1) is 15.7. The van der Waals surface area contributed by atoms with Gasteiger partial charge in [-0.1, -0.05) is 12.1 Å². The van der Waals surface area contributed by atoms with Crippen LogP contribution in [0.25, 0.3) is 0 Å². The van der Waals surface area contributed by atoms with Crippen molar-refractivity contribution in [2.45, 2.75) is 6.42 Å². The monoisotopic (exact) mass is 281 g/mol. The van der Waals surface area contributed by atoms with Crippen LogP contribution in [-0.2, 0) is 20.7 Å². The largest absolute Gasteiger partial charge is 0.502 e. The lowest BCUT2D eigenvalue weighted by Gasteiger charge is -2.15. The highest BCUT2D eigenvalue weighted by atomic mass is 19.1. The summed E-state index contributed by atoms with van der Waals surface area (Å²) in [6.07, 6.45) is 1.34. The standard InChI is InChI=1S/C14H16FNO4/c1-16(13(18)9-12(17)14(19)20-2)8-7-10-3-5-11(15)6-4-10/h3-6,9,17H,7-8H2,1-2H3. The number of ether oxygens (including phenoxy) is 1. The minimum absolute atomic E-state index is 0.316. The average Bonchev–Trinajstić information content (AvgIpc) is 2.45. The molecule has 0 aliphatic carbocycles. The molecule has 108 valence electrons. The molecule has 0 atom stereocenters. The van der Waals surface area contributed by atoms with E-state index in [0.29, 0.717) is 13.0 Å². The summed E-state index contributed by atoms with van der Waals surface area (Å²) in [6.45, 7) is 0.370. The zero-order chi connectivity index (χ0) is 15.1. The van der Waals surface area contributed by atoms with Gasteiger partial charge in [-0.3, -0.25) is 4.79 Å². The van der Waals surface area contributed by atoms with E-state index in [0.717, 1.165) is 18.7 Å². The molecule has 1 rings (SSSR count). The third kappa shape index (κ3) is 4.72. The van der Waals surface area contributed by atoms with Gasteiger partial charge in [0.15, 0.2) is 0 Å². The molecule has 0 heterocycles. The van der Waals surface area contributed by atoms with Gasteiger partial charge in [0.05, 0.1) is 13.2 Å². The number of benzene rings is 1. The van der Waals surface area contributed by atoms with E-state index in [4.69, 9.17) is 0 Å². The Bertz CT molecular complexity index is 510. The molecule has 0 saturated carbocycles. The zero-order valence-corrected chi connectivity index (χ0v) is 11.3. The number of likely N-dealkylation sites (N-methyl/N-ethyl adjacent to an activating group) is 1. The molecule has 1 amide bonds. The van der Waals surface area contributed by atoms with Crippen molar-refractivity contribution in [3.63, 3.8) is 0 Å². The molecular weight excluding hydrogens is 265 g/mol. The first-order valence-corrected chi connectivity index (χ1v) is 5.92. The first-order chi connectivity index (χ1) is 9.43. The second-order valence-corrected chi connectivity index (χ2v) is 4.16. The lowest BCUT2D eigenvalue weighted by Crippen LogP contribution is -2.28. The Labute approximate surface area is 116 Å². The smallest absolute Gasteiger partial charge is 0.373 e. The highest BCUT2D eigenvalue weighted by molar-refractivity contribution is 5.96. The Kier molecular flexibility index (Phi) is 5.71. The van der Waals surface area contributed by atoms with E-state index in [1.807, 2.05) is 0 Å². The maximum absolute atomic E-state index is 12.7. The summed E-state index contributed by atoms with van der Waals surface area (Å²) in [6, 6.07) is 5.96. The van der Waals surface area contributed by atoms with Gasteiger partial charge in [-0.15, -0.1) is 0 Å². The molecule has 5 nitrogen and oxygen atoms in total. The number of methoxy groups -OCH3 is 1. The number of hydrogen-bond donors (Lipinski definition) is 1. The predicted octanol–water partition coefficient (Wildman–Crippen LogP) is 1.44. The molecule has 0 fully saturated rings. The third-order valence-corrected chi connectivity index (χ3v) is 2.68. The molecule has 1 aromatic carbocycles. The van der Waals surface area contributed by atoms with Crippen LogP contribution in [0, 0.1) is 5.82 Å². The summed E-state index contributed by atoms with van der Waals surface area (Å²) in [5.74, 6) is -2.55. The van der Waals surface area contributed by atoms with Crippen molar-refractivity contribution < 1.29 is 23.8 Å². The van der Waals surface area contributed by atoms with E-state index in [9.17, 15) is 19.1 Å². The van der Waals surface area contributed by atoms with E-state index >= 15 is 0 Å². The van der Waals surface area contributed by atoms with E-state index < -0.39 is 17.6 Å². The zero-order valence-electron chi connectivity index (χ0n) is 11.3. The lowest BCUT2D eigenvalue weighted by molar-refractivity contribution is -0.139. The number of carbonyl (C=O) groups is 2. The van der Waals surface area contributed by atoms with Gasteiger partial charge >= 0.3 is 5.97 Å². The Morgan fingerprint density at radius 1 is 1.35 bits per heavy atom. The summed E-state index contributed by atoms with van der Waals surface area (Å²) in [5.41, 5.74) is 0.882. The SMILES string of the molecule is COC(=O)C(O)=CC(=O)N(C)CCc1ccc(F)cc1. The van der Waals surface area contributed by atoms with Crippen LogP contribution in [0.4, 0.5) is 4.39 Å². The van der Waals surface area contributed by atoms with Crippen molar-refractivity contribution in [1.29, 1.82) is 0 Å². The number of aliphatic hydroxyl groups is 1. The van der Waals surface area contributed by atoms with Crippen molar-refractivity contribution in [3.05, 3.63) is 47.5 Å². The summed E-state index contributed by atoms with van der Waals surface area (Å²) in [7, 11) is 2.64. The minimum atomic E-state index is -0.967. The van der Waals surface area contributed by atoms with E-state index in [-0.39, 0.29) is 5.82 Å². The van der Waals surface area contributed by atoms with Gasteiger partial charge in [0.2, 0.25) is 11.7 Å². The Morgan fingerprint density at radius 3 is 2.50 bits per heavy atom. The normalized spacial score (nSPS) is 11.1. The first-order valence-electron chi connectivity index (χ1n) is 5.92. The van der Waals surface area contributed by atoms with Gasteiger partial charge in [0, 0.05) is 13.6 Å². The number of carbonyl (C=O) groups excluding carboxylic acids is 2. The van der Waals surface area contributed by atoms with Crippen LogP contribution in [0.3, 0.4) is 0 Å². The fourth-order valence-electron chi connectivity index (χ4n) is 1.45. The van der Waals surface area contributed by atoms with E-state index in [1.54, 1.807) is 12.1 Å². The number of nitrogens with zero attached hydrogens (tertiary/aromatic N) is 1. The Balaban J connectivity index is 2.54. The van der Waals surface area contributed by atoms with Crippen LogP contribution in [0.1, 0.15) is 5.56 Å². The molecule has 1 N–H and O–H groups in total. The summed E-state index contributed by atoms with van der Waals surface area (Å²) in [4.78, 5) is 23.9. The fourth-order valence-corrected chi connectivity index (χ4v) is 1.45. The summed E-state index contributed by atoms with van der Waals surface area (Å²) < 4.78 is 17.0. The molecule has 6 heteroatoms. The quantitative estimate of drug-likeness (QED) is 0.504. The fraction of sp³-hybridized carbons (Fsp3) is 0.286. The third-order valence-electron chi connectivity index (χ3n) is 2.68. The van der Waals surface area contributed by atoms with Crippen molar-refractivity contribution >= 4 is 11.9 Å². The molecule has 0 bridgehead atoms. The van der Waals surface area contributed by atoms with Crippen molar-refractivity contribution in [2.75, 3.05) is 20.7 Å². The van der Waals surface area contributed by atoms with Gasteiger partial charge < -0.3 is 14.7 Å². The molecule has 0 radical (unpaired) electrons. The second kappa shape index (κ2) is 7.28. The molecule has 0 aliphatic rings. The minimum Gasteiger partial charge on any atom is -0.502 e. The van der Waals surface area contributed by atoms with E-state index in [2.05, 4.69) is 4.74 Å². The summed E-state index contributed by atoms with van der Waals surface area (Å²) in [5, 5.41) is 9.25. The highest BCUT2D eigenvalue weighted by Crippen LogP contribution is 2.04. The molecule has 0 unspecified atom stereocenters. The van der Waals surface area contributed by atoms with Crippen molar-refractivity contribution in [1.82, 2.24) is 4.90 Å². The van der Waals surface area contributed by atoms with Crippen LogP contribution in [0.15, 0.2) is 36.1 Å². The topological polar surface area (TPSA) is 66.8 Å². The number of aliphatic hydroxyl groups excluding tert-OH is 1. The van der Waals surface area contributed by atoms with Crippen LogP contribution in [-0.4, -0.2) is 42.6 Å². The average molecular weight is 281 g/mol. The Morgan fingerprint density at radius 2 is 1.95 bits per heavy atom. The number of hydrogen-bond acceptors (Lipinski definition) is 4. The highest BCUT2D eigenvalue weighted by Gasteiger charge is 2.12. The van der Waals surface area contributed by atoms with Gasteiger partial charge in [0.25, 0.3) is 0 Å². The maximum atomic E-state index is 12.7. The molecule has 0 spiro atoms. The van der Waals surface area contributed by atoms with Gasteiger partial charge in [-0.05, 0) is 24.1 Å². The maximum Gasteiger partial charge on any atom is 0.373 e. The summed E-state index contributed by atoms with van der Waals surface area (Å²) >= 11 is 0. The van der Waals surface area contributed by atoms with Crippen molar-refractivity contribution in [3.8, 4) is 0 Å². The molecule has 20 heavy (non-hydrogen) atoms. The van der Waals surface area contributed by atoms with Gasteiger partial charge in [-0.25, -0.2) is 9.18 Å². The second-order valence-electron chi connectivity index (χ2n) is 4.16.